The Morgan fingerprint density at radius 3 is 2.44 bits per heavy atom. The van der Waals surface area contributed by atoms with Crippen molar-refractivity contribution in [3.63, 3.8) is 0 Å². The highest BCUT2D eigenvalue weighted by Gasteiger charge is 2.32. The van der Waals surface area contributed by atoms with E-state index in [-0.39, 0.29) is 5.75 Å². The molecule has 0 N–H and O–H groups in total. The van der Waals surface area contributed by atoms with Gasteiger partial charge in [-0.1, -0.05) is 35.5 Å². The van der Waals surface area contributed by atoms with E-state index < -0.39 is 10.0 Å². The first-order valence-electron chi connectivity index (χ1n) is 8.07. The number of anilines is 2. The van der Waals surface area contributed by atoms with E-state index in [2.05, 4.69) is 21.1 Å². The van der Waals surface area contributed by atoms with Crippen LogP contribution in [0, 0.1) is 0 Å². The molecule has 3 rings (SSSR count). The molecule has 2 aromatic carbocycles. The van der Waals surface area contributed by atoms with E-state index >= 15 is 0 Å². The Hall–Kier alpha value is -1.21. The van der Waals surface area contributed by atoms with Crippen molar-refractivity contribution < 1.29 is 12.9 Å². The summed E-state index contributed by atoms with van der Waals surface area (Å²) in [6.07, 6.45) is 0.605. The Bertz CT molecular complexity index is 892. The molecule has 0 spiro atoms. The third-order valence-electron chi connectivity index (χ3n) is 3.95. The summed E-state index contributed by atoms with van der Waals surface area (Å²) in [4.78, 5) is 1.84. The van der Waals surface area contributed by atoms with Gasteiger partial charge >= 0.3 is 0 Å². The van der Waals surface area contributed by atoms with Gasteiger partial charge in [0.25, 0.3) is 0 Å². The minimum Gasteiger partial charge on any atom is -0.331 e. The molecule has 0 radical (unpaired) electrons. The van der Waals surface area contributed by atoms with Gasteiger partial charge in [-0.05, 0) is 30.3 Å². The van der Waals surface area contributed by atoms with Crippen LogP contribution in [-0.2, 0) is 10.0 Å². The third kappa shape index (κ3) is 4.14. The first-order chi connectivity index (χ1) is 11.7. The molecule has 25 heavy (non-hydrogen) atoms. The highest BCUT2D eigenvalue weighted by molar-refractivity contribution is 8.00. The lowest BCUT2D eigenvalue weighted by Gasteiger charge is -2.32. The maximum Gasteiger partial charge on any atom is 0.239 e. The summed E-state index contributed by atoms with van der Waals surface area (Å²) in [6, 6.07) is 13.0. The number of hydrogen-bond donors (Lipinski definition) is 0. The van der Waals surface area contributed by atoms with E-state index in [1.165, 1.54) is 4.31 Å². The highest BCUT2D eigenvalue weighted by Crippen LogP contribution is 2.50. The Kier molecular flexibility index (Phi) is 5.08. The number of fused-ring (bicyclic) bond motifs is 2. The topological polar surface area (TPSA) is 37.4 Å². The summed E-state index contributed by atoms with van der Waals surface area (Å²) in [5, 5.41) is 0.533. The Morgan fingerprint density at radius 1 is 1.04 bits per heavy atom. The van der Waals surface area contributed by atoms with Gasteiger partial charge in [0, 0.05) is 21.2 Å². The van der Waals surface area contributed by atoms with Crippen LogP contribution >= 0.6 is 23.4 Å². The number of para-hydroxylation sites is 1. The Labute approximate surface area is 159 Å². The van der Waals surface area contributed by atoms with E-state index in [1.54, 1.807) is 23.9 Å². The highest BCUT2D eigenvalue weighted by atomic mass is 35.5. The summed E-state index contributed by atoms with van der Waals surface area (Å²) in [5.41, 5.74) is 1.34. The molecule has 0 unspecified atom stereocenters. The summed E-state index contributed by atoms with van der Waals surface area (Å²) >= 11 is 7.72. The van der Waals surface area contributed by atoms with Gasteiger partial charge in [-0.25, -0.2) is 12.7 Å². The first kappa shape index (κ1) is 18.6. The second kappa shape index (κ2) is 6.83. The Morgan fingerprint density at radius 2 is 1.72 bits per heavy atom. The Balaban J connectivity index is 2.01. The zero-order chi connectivity index (χ0) is 18.2. The molecule has 0 atom stereocenters. The largest absolute Gasteiger partial charge is 0.331 e. The molecule has 0 bridgehead atoms. The van der Waals surface area contributed by atoms with Crippen molar-refractivity contribution in [3.8, 4) is 0 Å². The molecule has 0 amide bonds. The number of hydrogen-bond acceptors (Lipinski definition) is 3. The maximum atomic E-state index is 13.2. The minimum absolute atomic E-state index is 0.105. The third-order valence-corrected chi connectivity index (χ3v) is 7.07. The molecular formula is C18H22ClN2O2S2+. The zero-order valence-electron chi connectivity index (χ0n) is 14.6. The van der Waals surface area contributed by atoms with Gasteiger partial charge in [0.1, 0.15) is 0 Å². The summed E-state index contributed by atoms with van der Waals surface area (Å²) in [6.45, 7) is 0.797. The van der Waals surface area contributed by atoms with Crippen LogP contribution in [0.5, 0.6) is 0 Å². The van der Waals surface area contributed by atoms with Gasteiger partial charge in [0.15, 0.2) is 0 Å². The van der Waals surface area contributed by atoms with Crippen molar-refractivity contribution in [2.75, 3.05) is 37.7 Å². The zero-order valence-corrected chi connectivity index (χ0v) is 17.0. The minimum atomic E-state index is -3.50. The lowest BCUT2D eigenvalue weighted by molar-refractivity contribution is -0.870. The second-order valence-corrected chi connectivity index (χ2v) is 10.6. The molecule has 7 heteroatoms. The molecule has 0 fully saturated rings. The smallest absolute Gasteiger partial charge is 0.239 e. The molecule has 1 heterocycles. The van der Waals surface area contributed by atoms with E-state index in [0.29, 0.717) is 22.8 Å². The van der Waals surface area contributed by atoms with Crippen molar-refractivity contribution in [1.82, 2.24) is 0 Å². The first-order valence-corrected chi connectivity index (χ1v) is 10.9. The second-order valence-electron chi connectivity index (χ2n) is 7.13. The molecule has 4 nitrogen and oxygen atoms in total. The standard InChI is InChI=1S/C18H22ClN2O2S2/c1-21(2,3)11-6-12-25(22,23)20-15-7-4-5-8-17(15)24-18-10-9-14(19)13-16(18)20/h4-5,7-10,13H,6,11-12H2,1-3H3/q+1. The fraction of sp³-hybridized carbons (Fsp3) is 0.333. The lowest BCUT2D eigenvalue weighted by atomic mass is 10.2. The van der Waals surface area contributed by atoms with Crippen molar-refractivity contribution in [2.45, 2.75) is 16.2 Å². The van der Waals surface area contributed by atoms with Crippen LogP contribution in [0.25, 0.3) is 0 Å². The predicted octanol–water partition coefficient (Wildman–Crippen LogP) is 4.37. The maximum absolute atomic E-state index is 13.2. The molecule has 1 aliphatic rings. The summed E-state index contributed by atoms with van der Waals surface area (Å²) in [7, 11) is 2.69. The number of quaternary nitrogens is 1. The lowest BCUT2D eigenvalue weighted by Crippen LogP contribution is -2.37. The van der Waals surface area contributed by atoms with E-state index in [4.69, 9.17) is 11.6 Å². The molecule has 0 aliphatic carbocycles. The van der Waals surface area contributed by atoms with Crippen molar-refractivity contribution in [2.24, 2.45) is 0 Å². The molecule has 0 saturated carbocycles. The van der Waals surface area contributed by atoms with E-state index in [9.17, 15) is 8.42 Å². The quantitative estimate of drug-likeness (QED) is 0.703. The van der Waals surface area contributed by atoms with Crippen molar-refractivity contribution in [1.29, 1.82) is 0 Å². The van der Waals surface area contributed by atoms with Crippen LogP contribution in [0.1, 0.15) is 6.42 Å². The van der Waals surface area contributed by atoms with Crippen LogP contribution in [0.4, 0.5) is 11.4 Å². The summed E-state index contributed by atoms with van der Waals surface area (Å²) in [5.74, 6) is 0.105. The fourth-order valence-corrected chi connectivity index (χ4v) is 5.71. The SMILES string of the molecule is C[N+](C)(C)CCCS(=O)(=O)N1c2ccccc2Sc2ccc(Cl)cc21. The van der Waals surface area contributed by atoms with Gasteiger partial charge in [-0.3, -0.25) is 0 Å². The van der Waals surface area contributed by atoms with Gasteiger partial charge in [-0.2, -0.15) is 0 Å². The van der Waals surface area contributed by atoms with Crippen LogP contribution in [-0.4, -0.2) is 46.3 Å². The molecule has 1 aliphatic heterocycles. The van der Waals surface area contributed by atoms with Crippen molar-refractivity contribution in [3.05, 3.63) is 47.5 Å². The monoisotopic (exact) mass is 397 g/mol. The van der Waals surface area contributed by atoms with Crippen LogP contribution in [0.2, 0.25) is 5.02 Å². The number of nitrogens with zero attached hydrogens (tertiary/aromatic N) is 2. The number of benzene rings is 2. The average molecular weight is 398 g/mol. The van der Waals surface area contributed by atoms with Crippen LogP contribution < -0.4 is 4.31 Å². The fourth-order valence-electron chi connectivity index (χ4n) is 2.81. The molecule has 0 saturated heterocycles. The van der Waals surface area contributed by atoms with Crippen molar-refractivity contribution >= 4 is 44.8 Å². The molecule has 0 aromatic heterocycles. The number of sulfonamides is 1. The van der Waals surface area contributed by atoms with E-state index in [1.807, 2.05) is 30.3 Å². The molecule has 2 aromatic rings. The number of rotatable bonds is 5. The molecule has 134 valence electrons. The van der Waals surface area contributed by atoms with E-state index in [0.717, 1.165) is 20.8 Å². The van der Waals surface area contributed by atoms with Crippen LogP contribution in [0.15, 0.2) is 52.3 Å². The molecular weight excluding hydrogens is 376 g/mol. The van der Waals surface area contributed by atoms with Gasteiger partial charge in [-0.15, -0.1) is 0 Å². The average Bonchev–Trinajstić information content (AvgIpc) is 2.51. The summed E-state index contributed by atoms with van der Waals surface area (Å²) < 4.78 is 28.6. The van der Waals surface area contributed by atoms with Gasteiger partial charge < -0.3 is 4.48 Å². The predicted molar refractivity (Wildman–Crippen MR) is 105 cm³/mol. The van der Waals surface area contributed by atoms with Crippen LogP contribution in [0.3, 0.4) is 0 Å². The normalized spacial score (nSPS) is 14.2. The van der Waals surface area contributed by atoms with Gasteiger partial charge in [0.05, 0.1) is 44.8 Å². The van der Waals surface area contributed by atoms with Gasteiger partial charge in [0.2, 0.25) is 10.0 Å². The number of halogens is 1.